The molecule has 0 bridgehead atoms. The summed E-state index contributed by atoms with van der Waals surface area (Å²) in [6, 6.07) is 7.13. The van der Waals surface area contributed by atoms with Gasteiger partial charge in [-0.05, 0) is 39.3 Å². The molecule has 32 heavy (non-hydrogen) atoms. The van der Waals surface area contributed by atoms with E-state index < -0.39 is 6.61 Å². The SMILES string of the molecule is CCNC(=NCC(C)(C)N1CCOCC1)NC1CCN(c2ccccc2OC(F)F)C1.I. The lowest BCUT2D eigenvalue weighted by molar-refractivity contribution is -0.0495. The molecule has 1 unspecified atom stereocenters. The number of aliphatic imine (C=N–C) groups is 1. The van der Waals surface area contributed by atoms with Crippen molar-refractivity contribution in [3.05, 3.63) is 24.3 Å². The molecule has 1 atom stereocenters. The maximum atomic E-state index is 12.7. The highest BCUT2D eigenvalue weighted by Crippen LogP contribution is 2.31. The number of nitrogens with zero attached hydrogens (tertiary/aromatic N) is 3. The van der Waals surface area contributed by atoms with Crippen molar-refractivity contribution in [1.29, 1.82) is 0 Å². The molecule has 3 rings (SSSR count). The van der Waals surface area contributed by atoms with Gasteiger partial charge in [-0.15, -0.1) is 24.0 Å². The van der Waals surface area contributed by atoms with Crippen molar-refractivity contribution in [3.63, 3.8) is 0 Å². The van der Waals surface area contributed by atoms with E-state index in [0.29, 0.717) is 18.8 Å². The Morgan fingerprint density at radius 3 is 2.66 bits per heavy atom. The van der Waals surface area contributed by atoms with Crippen LogP contribution < -0.4 is 20.3 Å². The summed E-state index contributed by atoms with van der Waals surface area (Å²) in [5.74, 6) is 0.999. The van der Waals surface area contributed by atoms with Crippen LogP contribution in [0.1, 0.15) is 27.2 Å². The van der Waals surface area contributed by atoms with Gasteiger partial charge < -0.3 is 25.0 Å². The maximum Gasteiger partial charge on any atom is 0.387 e. The van der Waals surface area contributed by atoms with Gasteiger partial charge in [-0.3, -0.25) is 9.89 Å². The van der Waals surface area contributed by atoms with E-state index in [1.165, 1.54) is 0 Å². The largest absolute Gasteiger partial charge is 0.433 e. The third-order valence-electron chi connectivity index (χ3n) is 5.79. The van der Waals surface area contributed by atoms with E-state index in [0.717, 1.165) is 51.8 Å². The number of hydrogen-bond donors (Lipinski definition) is 2. The zero-order valence-electron chi connectivity index (χ0n) is 19.2. The van der Waals surface area contributed by atoms with Gasteiger partial charge in [0, 0.05) is 44.3 Å². The fraction of sp³-hybridized carbons (Fsp3) is 0.682. The Morgan fingerprint density at radius 2 is 1.97 bits per heavy atom. The lowest BCUT2D eigenvalue weighted by Crippen LogP contribution is -2.52. The van der Waals surface area contributed by atoms with Crippen LogP contribution in [0, 0.1) is 0 Å². The predicted molar refractivity (Wildman–Crippen MR) is 135 cm³/mol. The van der Waals surface area contributed by atoms with E-state index in [9.17, 15) is 8.78 Å². The third kappa shape index (κ3) is 7.58. The molecule has 7 nitrogen and oxygen atoms in total. The number of ether oxygens (including phenoxy) is 2. The van der Waals surface area contributed by atoms with E-state index in [1.807, 2.05) is 19.1 Å². The summed E-state index contributed by atoms with van der Waals surface area (Å²) in [4.78, 5) is 9.35. The van der Waals surface area contributed by atoms with Crippen molar-refractivity contribution in [2.24, 2.45) is 4.99 Å². The van der Waals surface area contributed by atoms with Crippen molar-refractivity contribution < 1.29 is 18.3 Å². The zero-order chi connectivity index (χ0) is 22.3. The number of hydrogen-bond acceptors (Lipinski definition) is 5. The highest BCUT2D eigenvalue weighted by atomic mass is 127. The Hall–Kier alpha value is -1.40. The molecule has 182 valence electrons. The molecule has 2 heterocycles. The minimum absolute atomic E-state index is 0. The van der Waals surface area contributed by atoms with Crippen LogP contribution in [0.5, 0.6) is 5.75 Å². The molecule has 2 aliphatic heterocycles. The Kier molecular flexibility index (Phi) is 10.7. The number of para-hydroxylation sites is 2. The molecule has 2 saturated heterocycles. The van der Waals surface area contributed by atoms with Crippen LogP contribution in [0.15, 0.2) is 29.3 Å². The number of rotatable bonds is 8. The summed E-state index contributed by atoms with van der Waals surface area (Å²) >= 11 is 0. The van der Waals surface area contributed by atoms with Crippen LogP contribution in [-0.4, -0.2) is 81.5 Å². The smallest absolute Gasteiger partial charge is 0.387 e. The summed E-state index contributed by atoms with van der Waals surface area (Å²) in [5.41, 5.74) is 0.641. The Labute approximate surface area is 206 Å². The lowest BCUT2D eigenvalue weighted by atomic mass is 10.0. The van der Waals surface area contributed by atoms with Crippen LogP contribution >= 0.6 is 24.0 Å². The highest BCUT2D eigenvalue weighted by molar-refractivity contribution is 14.0. The minimum atomic E-state index is -2.83. The number of morpholine rings is 1. The fourth-order valence-electron chi connectivity index (χ4n) is 4.07. The molecule has 10 heteroatoms. The lowest BCUT2D eigenvalue weighted by Gasteiger charge is -2.40. The number of guanidine groups is 1. The average Bonchev–Trinajstić information content (AvgIpc) is 3.21. The molecule has 0 spiro atoms. The van der Waals surface area contributed by atoms with Gasteiger partial charge in [0.25, 0.3) is 0 Å². The van der Waals surface area contributed by atoms with Gasteiger partial charge in [0.05, 0.1) is 25.4 Å². The van der Waals surface area contributed by atoms with Crippen LogP contribution in [0.4, 0.5) is 14.5 Å². The fourth-order valence-corrected chi connectivity index (χ4v) is 4.07. The molecule has 0 amide bonds. The first-order valence-electron chi connectivity index (χ1n) is 11.1. The molecular formula is C22H36F2IN5O2. The first kappa shape index (κ1) is 26.8. The van der Waals surface area contributed by atoms with Crippen molar-refractivity contribution in [1.82, 2.24) is 15.5 Å². The minimum Gasteiger partial charge on any atom is -0.433 e. The molecule has 0 aliphatic carbocycles. The molecule has 0 radical (unpaired) electrons. The standard InChI is InChI=1S/C22H35F2N5O2.HI/c1-4-25-21(26-16-22(2,3)29-11-13-30-14-12-29)27-17-9-10-28(15-17)18-7-5-6-8-19(18)31-20(23)24;/h5-8,17,20H,4,9-16H2,1-3H3,(H2,25,26,27);1H. The quantitative estimate of drug-likeness (QED) is 0.286. The van der Waals surface area contributed by atoms with Crippen LogP contribution in [0.2, 0.25) is 0 Å². The molecule has 2 fully saturated rings. The van der Waals surface area contributed by atoms with Crippen molar-refractivity contribution in [2.75, 3.05) is 57.4 Å². The first-order chi connectivity index (χ1) is 14.9. The summed E-state index contributed by atoms with van der Waals surface area (Å²) in [5, 5.41) is 6.85. The van der Waals surface area contributed by atoms with E-state index in [2.05, 4.69) is 34.3 Å². The van der Waals surface area contributed by atoms with Gasteiger partial charge >= 0.3 is 6.61 Å². The summed E-state index contributed by atoms with van der Waals surface area (Å²) < 4.78 is 35.7. The Balaban J connectivity index is 0.00000363. The van der Waals surface area contributed by atoms with E-state index in [-0.39, 0.29) is 41.3 Å². The average molecular weight is 567 g/mol. The first-order valence-corrected chi connectivity index (χ1v) is 11.1. The topological polar surface area (TPSA) is 61.4 Å². The zero-order valence-corrected chi connectivity index (χ0v) is 21.5. The van der Waals surface area contributed by atoms with Crippen molar-refractivity contribution in [3.8, 4) is 5.75 Å². The van der Waals surface area contributed by atoms with Crippen molar-refractivity contribution >= 4 is 35.6 Å². The van der Waals surface area contributed by atoms with Crippen molar-refractivity contribution in [2.45, 2.75) is 45.4 Å². The number of halogens is 3. The third-order valence-corrected chi connectivity index (χ3v) is 5.79. The summed E-state index contributed by atoms with van der Waals surface area (Å²) in [6.45, 7) is 9.90. The predicted octanol–water partition coefficient (Wildman–Crippen LogP) is 3.15. The van der Waals surface area contributed by atoms with Gasteiger partial charge in [0.2, 0.25) is 0 Å². The second kappa shape index (κ2) is 12.7. The van der Waals surface area contributed by atoms with Gasteiger partial charge in [-0.2, -0.15) is 8.78 Å². The highest BCUT2D eigenvalue weighted by Gasteiger charge is 2.29. The summed E-state index contributed by atoms with van der Waals surface area (Å²) in [6.07, 6.45) is 0.889. The van der Waals surface area contributed by atoms with E-state index >= 15 is 0 Å². The number of benzene rings is 1. The molecule has 0 saturated carbocycles. The van der Waals surface area contributed by atoms with Crippen LogP contribution in [-0.2, 0) is 4.74 Å². The molecule has 2 N–H and O–H groups in total. The van der Waals surface area contributed by atoms with Gasteiger partial charge in [0.1, 0.15) is 5.75 Å². The van der Waals surface area contributed by atoms with E-state index in [4.69, 9.17) is 14.5 Å². The molecular weight excluding hydrogens is 531 g/mol. The van der Waals surface area contributed by atoms with E-state index in [1.54, 1.807) is 12.1 Å². The molecule has 2 aliphatic rings. The Bertz CT molecular complexity index is 732. The van der Waals surface area contributed by atoms with Crippen LogP contribution in [0.25, 0.3) is 0 Å². The normalized spacial score (nSPS) is 20.2. The monoisotopic (exact) mass is 567 g/mol. The number of nitrogens with one attached hydrogen (secondary N) is 2. The molecule has 1 aromatic carbocycles. The van der Waals surface area contributed by atoms with Crippen LogP contribution in [0.3, 0.4) is 0 Å². The van der Waals surface area contributed by atoms with Gasteiger partial charge in [-0.1, -0.05) is 12.1 Å². The van der Waals surface area contributed by atoms with Gasteiger partial charge in [0.15, 0.2) is 5.96 Å². The number of alkyl halides is 2. The second-order valence-corrected chi connectivity index (χ2v) is 8.53. The second-order valence-electron chi connectivity index (χ2n) is 8.53. The number of anilines is 1. The Morgan fingerprint density at radius 1 is 1.25 bits per heavy atom. The van der Waals surface area contributed by atoms with Gasteiger partial charge in [-0.25, -0.2) is 0 Å². The molecule has 1 aromatic rings. The maximum absolute atomic E-state index is 12.7. The molecule has 0 aromatic heterocycles. The summed E-state index contributed by atoms with van der Waals surface area (Å²) in [7, 11) is 0.